The Morgan fingerprint density at radius 2 is 1.71 bits per heavy atom. The molecule has 6 nitrogen and oxygen atoms in total. The van der Waals surface area contributed by atoms with Crippen LogP contribution < -0.4 is 14.4 Å². The molecule has 0 aliphatic rings. The van der Waals surface area contributed by atoms with E-state index in [9.17, 15) is 26.4 Å². The van der Waals surface area contributed by atoms with Gasteiger partial charge in [0, 0.05) is 12.7 Å². The van der Waals surface area contributed by atoms with E-state index in [4.69, 9.17) is 4.74 Å². The predicted octanol–water partition coefficient (Wildman–Crippen LogP) is 4.61. The number of carbonyl (C=O) groups is 1. The number of alkyl halides is 3. The fourth-order valence-corrected chi connectivity index (χ4v) is 4.88. The molecule has 1 heterocycles. The molecule has 2 aromatic carbocycles. The molecule has 1 aromatic heterocycles. The minimum atomic E-state index is -4.45. The van der Waals surface area contributed by atoms with Crippen LogP contribution in [0.2, 0.25) is 0 Å². The third kappa shape index (κ3) is 5.56. The van der Waals surface area contributed by atoms with E-state index in [-0.39, 0.29) is 16.5 Å². The SMILES string of the molecule is CN(c1ccc(OCC(=O)Nc2ccc(C(F)(F)F)cc2)cc1)S(=O)(=O)c1cccs1. The van der Waals surface area contributed by atoms with Gasteiger partial charge < -0.3 is 10.1 Å². The van der Waals surface area contributed by atoms with Crippen molar-refractivity contribution in [3.63, 3.8) is 0 Å². The Bertz CT molecular complexity index is 1130. The summed E-state index contributed by atoms with van der Waals surface area (Å²) in [6.45, 7) is -0.371. The van der Waals surface area contributed by atoms with Crippen LogP contribution in [0.1, 0.15) is 5.56 Å². The number of amides is 1. The van der Waals surface area contributed by atoms with Crippen molar-refractivity contribution in [2.24, 2.45) is 0 Å². The highest BCUT2D eigenvalue weighted by atomic mass is 32.2. The van der Waals surface area contributed by atoms with Crippen molar-refractivity contribution >= 4 is 38.6 Å². The number of halogens is 3. The molecule has 0 aliphatic carbocycles. The summed E-state index contributed by atoms with van der Waals surface area (Å²) in [5.74, 6) is -0.227. The first-order valence-corrected chi connectivity index (χ1v) is 11.1. The minimum Gasteiger partial charge on any atom is -0.484 e. The van der Waals surface area contributed by atoms with E-state index in [2.05, 4.69) is 5.32 Å². The van der Waals surface area contributed by atoms with Gasteiger partial charge in [-0.05, 0) is 60.0 Å². The van der Waals surface area contributed by atoms with E-state index in [0.717, 1.165) is 39.9 Å². The van der Waals surface area contributed by atoms with Gasteiger partial charge in [0.1, 0.15) is 9.96 Å². The molecule has 3 aromatic rings. The molecule has 0 atom stereocenters. The number of ether oxygens (including phenoxy) is 1. The van der Waals surface area contributed by atoms with Crippen LogP contribution in [0.3, 0.4) is 0 Å². The topological polar surface area (TPSA) is 75.7 Å². The van der Waals surface area contributed by atoms with Crippen molar-refractivity contribution in [2.75, 3.05) is 23.3 Å². The Labute approximate surface area is 180 Å². The van der Waals surface area contributed by atoms with Crippen LogP contribution in [0.5, 0.6) is 5.75 Å². The van der Waals surface area contributed by atoms with Gasteiger partial charge >= 0.3 is 6.18 Å². The highest BCUT2D eigenvalue weighted by Gasteiger charge is 2.30. The zero-order valence-electron chi connectivity index (χ0n) is 16.1. The van der Waals surface area contributed by atoms with Crippen LogP contribution in [-0.4, -0.2) is 28.0 Å². The first-order valence-electron chi connectivity index (χ1n) is 8.80. The molecule has 3 rings (SSSR count). The number of hydrogen-bond donors (Lipinski definition) is 1. The summed E-state index contributed by atoms with van der Waals surface area (Å²) in [4.78, 5) is 12.0. The Kier molecular flexibility index (Phi) is 6.56. The molecule has 0 unspecified atom stereocenters. The van der Waals surface area contributed by atoms with E-state index in [1.54, 1.807) is 11.4 Å². The van der Waals surface area contributed by atoms with Crippen LogP contribution in [0.15, 0.2) is 70.3 Å². The smallest absolute Gasteiger partial charge is 0.416 e. The van der Waals surface area contributed by atoms with Crippen molar-refractivity contribution in [1.82, 2.24) is 0 Å². The van der Waals surface area contributed by atoms with Gasteiger partial charge in [0.2, 0.25) is 0 Å². The lowest BCUT2D eigenvalue weighted by molar-refractivity contribution is -0.137. The largest absolute Gasteiger partial charge is 0.484 e. The Morgan fingerprint density at radius 1 is 1.06 bits per heavy atom. The van der Waals surface area contributed by atoms with Crippen LogP contribution in [-0.2, 0) is 21.0 Å². The number of nitrogens with one attached hydrogen (secondary N) is 1. The standard InChI is InChI=1S/C20H17F3N2O4S2/c1-25(31(27,28)19-3-2-12-30-19)16-8-10-17(11-9-16)29-13-18(26)24-15-6-4-14(5-7-15)20(21,22)23/h2-12H,13H2,1H3,(H,24,26). The maximum absolute atomic E-state index is 12.6. The average molecular weight is 470 g/mol. The van der Waals surface area contributed by atoms with Crippen molar-refractivity contribution in [3.8, 4) is 5.75 Å². The monoisotopic (exact) mass is 470 g/mol. The number of carbonyl (C=O) groups excluding carboxylic acids is 1. The number of hydrogen-bond acceptors (Lipinski definition) is 5. The molecule has 0 aliphatic heterocycles. The van der Waals surface area contributed by atoms with Gasteiger partial charge in [-0.2, -0.15) is 13.2 Å². The number of nitrogens with zero attached hydrogens (tertiary/aromatic N) is 1. The Balaban J connectivity index is 1.56. The quantitative estimate of drug-likeness (QED) is 0.547. The van der Waals surface area contributed by atoms with Crippen molar-refractivity contribution in [3.05, 3.63) is 71.6 Å². The molecule has 0 bridgehead atoms. The van der Waals surface area contributed by atoms with Gasteiger partial charge in [-0.1, -0.05) is 6.07 Å². The minimum absolute atomic E-state index is 0.206. The second-order valence-electron chi connectivity index (χ2n) is 6.31. The van der Waals surface area contributed by atoms with E-state index in [0.29, 0.717) is 11.4 Å². The van der Waals surface area contributed by atoms with Crippen molar-refractivity contribution in [1.29, 1.82) is 0 Å². The van der Waals surface area contributed by atoms with Gasteiger partial charge in [-0.3, -0.25) is 9.10 Å². The molecule has 1 N–H and O–H groups in total. The second-order valence-corrected chi connectivity index (χ2v) is 9.45. The average Bonchev–Trinajstić information content (AvgIpc) is 3.28. The maximum atomic E-state index is 12.6. The van der Waals surface area contributed by atoms with Crippen LogP contribution in [0.4, 0.5) is 24.5 Å². The van der Waals surface area contributed by atoms with E-state index in [1.165, 1.54) is 37.4 Å². The summed E-state index contributed by atoms with van der Waals surface area (Å²) in [5.41, 5.74) is -0.194. The number of rotatable bonds is 7. The van der Waals surface area contributed by atoms with Gasteiger partial charge in [0.15, 0.2) is 6.61 Å². The lowest BCUT2D eigenvalue weighted by atomic mass is 10.2. The number of sulfonamides is 1. The summed E-state index contributed by atoms with van der Waals surface area (Å²) >= 11 is 1.12. The zero-order chi connectivity index (χ0) is 22.6. The Morgan fingerprint density at radius 3 is 2.26 bits per heavy atom. The Hall–Kier alpha value is -3.05. The number of benzene rings is 2. The molecule has 0 saturated carbocycles. The lowest BCUT2D eigenvalue weighted by Gasteiger charge is -2.18. The molecule has 164 valence electrons. The molecule has 11 heteroatoms. The van der Waals surface area contributed by atoms with Gasteiger partial charge in [-0.15, -0.1) is 11.3 Å². The summed E-state index contributed by atoms with van der Waals surface area (Å²) < 4.78 is 69.5. The molecule has 31 heavy (non-hydrogen) atoms. The third-order valence-electron chi connectivity index (χ3n) is 4.18. The molecule has 0 spiro atoms. The molecular formula is C20H17F3N2O4S2. The van der Waals surface area contributed by atoms with E-state index in [1.807, 2.05) is 0 Å². The molecule has 0 radical (unpaired) electrons. The highest BCUT2D eigenvalue weighted by Crippen LogP contribution is 2.30. The molecular weight excluding hydrogens is 453 g/mol. The maximum Gasteiger partial charge on any atom is 0.416 e. The van der Waals surface area contributed by atoms with Crippen LogP contribution >= 0.6 is 11.3 Å². The normalized spacial score (nSPS) is 11.7. The highest BCUT2D eigenvalue weighted by molar-refractivity contribution is 7.94. The first-order chi connectivity index (χ1) is 14.6. The summed E-state index contributed by atoms with van der Waals surface area (Å²) in [7, 11) is -2.22. The fraction of sp³-hybridized carbons (Fsp3) is 0.150. The molecule has 0 fully saturated rings. The second kappa shape index (κ2) is 8.98. The van der Waals surface area contributed by atoms with Crippen molar-refractivity contribution < 1.29 is 31.1 Å². The van der Waals surface area contributed by atoms with E-state index < -0.39 is 27.7 Å². The molecule has 0 saturated heterocycles. The number of thiophene rings is 1. The summed E-state index contributed by atoms with van der Waals surface area (Å²) in [5, 5.41) is 4.11. The lowest BCUT2D eigenvalue weighted by Crippen LogP contribution is -2.25. The first kappa shape index (κ1) is 22.6. The molecule has 1 amide bonds. The van der Waals surface area contributed by atoms with Gasteiger partial charge in [0.05, 0.1) is 11.3 Å². The van der Waals surface area contributed by atoms with Gasteiger partial charge in [0.25, 0.3) is 15.9 Å². The fourth-order valence-electron chi connectivity index (χ4n) is 2.52. The summed E-state index contributed by atoms with van der Waals surface area (Å²) in [6.07, 6.45) is -4.45. The third-order valence-corrected chi connectivity index (χ3v) is 7.33. The van der Waals surface area contributed by atoms with Crippen LogP contribution in [0.25, 0.3) is 0 Å². The van der Waals surface area contributed by atoms with E-state index >= 15 is 0 Å². The zero-order valence-corrected chi connectivity index (χ0v) is 17.7. The van der Waals surface area contributed by atoms with Crippen molar-refractivity contribution in [2.45, 2.75) is 10.4 Å². The number of anilines is 2. The van der Waals surface area contributed by atoms with Crippen LogP contribution in [0, 0.1) is 0 Å². The predicted molar refractivity (Wildman–Crippen MR) is 112 cm³/mol. The van der Waals surface area contributed by atoms with Gasteiger partial charge in [-0.25, -0.2) is 8.42 Å². The summed E-state index contributed by atoms with van der Waals surface area (Å²) in [6, 6.07) is 13.3.